The fourth-order valence-corrected chi connectivity index (χ4v) is 2.62. The third kappa shape index (κ3) is 2.80. The number of carboxylic acid groups (broad SMARTS) is 1. The summed E-state index contributed by atoms with van der Waals surface area (Å²) >= 11 is 0. The monoisotopic (exact) mass is 298 g/mol. The van der Waals surface area contributed by atoms with Gasteiger partial charge in [0.05, 0.1) is 0 Å². The number of hydrogen-bond donors (Lipinski definition) is 3. The lowest BCUT2D eigenvalue weighted by molar-refractivity contribution is 0.0691. The predicted octanol–water partition coefficient (Wildman–Crippen LogP) is 1.96. The number of halogens is 1. The standard InChI is InChI=1S/C12H11FN2O4S/c1-7-4-8(2-3-10(7)13)15-20(18,19)9-5-11(12(16)17)14-6-9/h2-6,14-15H,1H3,(H,16,17). The van der Waals surface area contributed by atoms with Gasteiger partial charge in [-0.3, -0.25) is 4.72 Å². The minimum Gasteiger partial charge on any atom is -0.477 e. The summed E-state index contributed by atoms with van der Waals surface area (Å²) in [6.07, 6.45) is 1.07. The van der Waals surface area contributed by atoms with Crippen molar-refractivity contribution in [2.45, 2.75) is 11.8 Å². The van der Waals surface area contributed by atoms with E-state index in [1.54, 1.807) is 0 Å². The van der Waals surface area contributed by atoms with Gasteiger partial charge in [0.1, 0.15) is 16.4 Å². The number of nitrogens with one attached hydrogen (secondary N) is 2. The second kappa shape index (κ2) is 4.97. The van der Waals surface area contributed by atoms with Crippen LogP contribution >= 0.6 is 0 Å². The first kappa shape index (κ1) is 14.1. The second-order valence-electron chi connectivity index (χ2n) is 4.12. The minimum absolute atomic E-state index is 0.196. The maximum absolute atomic E-state index is 13.1. The number of aromatic nitrogens is 1. The van der Waals surface area contributed by atoms with Crippen molar-refractivity contribution in [3.63, 3.8) is 0 Å². The normalized spacial score (nSPS) is 11.3. The van der Waals surface area contributed by atoms with Crippen molar-refractivity contribution in [3.05, 3.63) is 47.5 Å². The van der Waals surface area contributed by atoms with Crippen molar-refractivity contribution in [3.8, 4) is 0 Å². The van der Waals surface area contributed by atoms with Crippen LogP contribution in [0.1, 0.15) is 16.1 Å². The highest BCUT2D eigenvalue weighted by Crippen LogP contribution is 2.19. The van der Waals surface area contributed by atoms with Gasteiger partial charge in [-0.25, -0.2) is 17.6 Å². The molecule has 0 aliphatic heterocycles. The number of anilines is 1. The summed E-state index contributed by atoms with van der Waals surface area (Å²) in [5, 5.41) is 8.73. The average Bonchev–Trinajstić information content (AvgIpc) is 2.84. The molecule has 0 aliphatic carbocycles. The predicted molar refractivity (Wildman–Crippen MR) is 69.7 cm³/mol. The van der Waals surface area contributed by atoms with E-state index in [0.717, 1.165) is 18.3 Å². The van der Waals surface area contributed by atoms with Crippen molar-refractivity contribution in [1.82, 2.24) is 4.98 Å². The fourth-order valence-electron chi connectivity index (χ4n) is 1.58. The Morgan fingerprint density at radius 3 is 2.60 bits per heavy atom. The summed E-state index contributed by atoms with van der Waals surface area (Å²) in [6.45, 7) is 1.51. The molecule has 1 aromatic heterocycles. The van der Waals surface area contributed by atoms with E-state index in [-0.39, 0.29) is 16.3 Å². The van der Waals surface area contributed by atoms with E-state index in [4.69, 9.17) is 5.11 Å². The Morgan fingerprint density at radius 2 is 2.05 bits per heavy atom. The molecule has 2 aromatic rings. The molecular formula is C12H11FN2O4S. The number of carbonyl (C=O) groups is 1. The van der Waals surface area contributed by atoms with Crippen LogP contribution in [0.25, 0.3) is 0 Å². The van der Waals surface area contributed by atoms with Gasteiger partial charge in [0.15, 0.2) is 0 Å². The van der Waals surface area contributed by atoms with Crippen molar-refractivity contribution in [1.29, 1.82) is 0 Å². The van der Waals surface area contributed by atoms with Crippen LogP contribution in [0.5, 0.6) is 0 Å². The number of carboxylic acids is 1. The Morgan fingerprint density at radius 1 is 1.35 bits per heavy atom. The summed E-state index contributed by atoms with van der Waals surface area (Å²) in [5.41, 5.74) is 0.258. The van der Waals surface area contributed by atoms with Crippen molar-refractivity contribution in [2.24, 2.45) is 0 Å². The Bertz CT molecular complexity index is 768. The van der Waals surface area contributed by atoms with Gasteiger partial charge in [-0.2, -0.15) is 0 Å². The molecule has 0 spiro atoms. The molecule has 2 rings (SSSR count). The van der Waals surface area contributed by atoms with Crippen molar-refractivity contribution < 1.29 is 22.7 Å². The molecule has 0 fully saturated rings. The SMILES string of the molecule is Cc1cc(NS(=O)(=O)c2c[nH]c(C(=O)O)c2)ccc1F. The average molecular weight is 298 g/mol. The molecule has 0 saturated carbocycles. The minimum atomic E-state index is -3.92. The zero-order chi connectivity index (χ0) is 14.9. The second-order valence-corrected chi connectivity index (χ2v) is 5.81. The van der Waals surface area contributed by atoms with Crippen LogP contribution in [0.15, 0.2) is 35.4 Å². The number of aryl methyl sites for hydroxylation is 1. The number of benzene rings is 1. The molecule has 0 amide bonds. The molecule has 0 aliphatic rings. The molecule has 1 heterocycles. The largest absolute Gasteiger partial charge is 0.477 e. The molecule has 20 heavy (non-hydrogen) atoms. The van der Waals surface area contributed by atoms with Crippen molar-refractivity contribution >= 4 is 21.7 Å². The van der Waals surface area contributed by atoms with E-state index in [9.17, 15) is 17.6 Å². The van der Waals surface area contributed by atoms with Crippen LogP contribution in [0.3, 0.4) is 0 Å². The molecule has 6 nitrogen and oxygen atoms in total. The van der Waals surface area contributed by atoms with Gasteiger partial charge in [0.25, 0.3) is 10.0 Å². The van der Waals surface area contributed by atoms with E-state index < -0.39 is 21.8 Å². The van der Waals surface area contributed by atoms with Gasteiger partial charge in [-0.15, -0.1) is 0 Å². The van der Waals surface area contributed by atoms with E-state index in [0.29, 0.717) is 5.56 Å². The number of H-pyrrole nitrogens is 1. The highest BCUT2D eigenvalue weighted by molar-refractivity contribution is 7.92. The van der Waals surface area contributed by atoms with Gasteiger partial charge in [-0.1, -0.05) is 0 Å². The van der Waals surface area contributed by atoms with Gasteiger partial charge < -0.3 is 10.1 Å². The Kier molecular flexibility index (Phi) is 3.49. The summed E-state index contributed by atoms with van der Waals surface area (Å²) in [7, 11) is -3.92. The smallest absolute Gasteiger partial charge is 0.352 e. The molecule has 0 unspecified atom stereocenters. The third-order valence-corrected chi connectivity index (χ3v) is 3.97. The molecule has 0 atom stereocenters. The number of sulfonamides is 1. The Labute approximate surface area is 114 Å². The van der Waals surface area contributed by atoms with E-state index in [1.165, 1.54) is 19.1 Å². The van der Waals surface area contributed by atoms with Crippen LogP contribution in [-0.4, -0.2) is 24.5 Å². The molecule has 0 radical (unpaired) electrons. The zero-order valence-electron chi connectivity index (χ0n) is 10.3. The molecular weight excluding hydrogens is 287 g/mol. The first-order valence-corrected chi connectivity index (χ1v) is 6.98. The van der Waals surface area contributed by atoms with Gasteiger partial charge in [0, 0.05) is 11.9 Å². The Hall–Kier alpha value is -2.35. The van der Waals surface area contributed by atoms with Gasteiger partial charge in [0.2, 0.25) is 0 Å². The van der Waals surface area contributed by atoms with E-state index >= 15 is 0 Å². The first-order chi connectivity index (χ1) is 9.29. The number of aromatic carboxylic acids is 1. The molecule has 0 bridgehead atoms. The molecule has 0 saturated heterocycles. The number of aromatic amines is 1. The topological polar surface area (TPSA) is 99.3 Å². The highest BCUT2D eigenvalue weighted by atomic mass is 32.2. The summed E-state index contributed by atoms with van der Waals surface area (Å²) in [4.78, 5) is 12.8. The van der Waals surface area contributed by atoms with E-state index in [2.05, 4.69) is 9.71 Å². The molecule has 3 N–H and O–H groups in total. The van der Waals surface area contributed by atoms with Gasteiger partial charge >= 0.3 is 5.97 Å². The first-order valence-electron chi connectivity index (χ1n) is 5.50. The summed E-state index contributed by atoms with van der Waals surface area (Å²) in [5.74, 6) is -1.70. The highest BCUT2D eigenvalue weighted by Gasteiger charge is 2.18. The quantitative estimate of drug-likeness (QED) is 0.803. The molecule has 8 heteroatoms. The lowest BCUT2D eigenvalue weighted by Gasteiger charge is -2.07. The third-order valence-electron chi connectivity index (χ3n) is 2.61. The number of rotatable bonds is 4. The lowest BCUT2D eigenvalue weighted by Crippen LogP contribution is -2.12. The van der Waals surface area contributed by atoms with Crippen LogP contribution in [-0.2, 0) is 10.0 Å². The maximum Gasteiger partial charge on any atom is 0.352 e. The van der Waals surface area contributed by atoms with Crippen molar-refractivity contribution in [2.75, 3.05) is 4.72 Å². The van der Waals surface area contributed by atoms with Crippen LogP contribution in [0.4, 0.5) is 10.1 Å². The van der Waals surface area contributed by atoms with Crippen LogP contribution < -0.4 is 4.72 Å². The zero-order valence-corrected chi connectivity index (χ0v) is 11.2. The fraction of sp³-hybridized carbons (Fsp3) is 0.0833. The summed E-state index contributed by atoms with van der Waals surface area (Å²) < 4.78 is 39.4. The van der Waals surface area contributed by atoms with Crippen LogP contribution in [0, 0.1) is 12.7 Å². The number of hydrogen-bond acceptors (Lipinski definition) is 3. The molecule has 106 valence electrons. The Balaban J connectivity index is 2.30. The maximum atomic E-state index is 13.1. The lowest BCUT2D eigenvalue weighted by atomic mass is 10.2. The van der Waals surface area contributed by atoms with E-state index in [1.807, 2.05) is 0 Å². The molecule has 1 aromatic carbocycles. The summed E-state index contributed by atoms with van der Waals surface area (Å²) in [6, 6.07) is 4.77. The van der Waals surface area contributed by atoms with Crippen LogP contribution in [0.2, 0.25) is 0 Å². The van der Waals surface area contributed by atoms with Gasteiger partial charge in [-0.05, 0) is 36.8 Å².